The molecule has 2 aromatic heterocycles. The summed E-state index contributed by atoms with van der Waals surface area (Å²) in [6.45, 7) is 6.92. The minimum Gasteiger partial charge on any atom is -0.495 e. The number of aryl methyl sites for hydroxylation is 1. The number of benzene rings is 1. The van der Waals surface area contributed by atoms with Crippen molar-refractivity contribution in [2.45, 2.75) is 38.1 Å². The number of aromatic amines is 1. The lowest BCUT2D eigenvalue weighted by Gasteiger charge is -2.13. The number of nitrogens with zero attached hydrogens (tertiary/aromatic N) is 3. The second-order valence-corrected chi connectivity index (χ2v) is 7.77. The second kappa shape index (κ2) is 8.02. The number of Topliss-reactive ketones (excluding diaryl/α,β-unsaturated/α-hetero) is 2. The molecule has 7 nitrogen and oxygen atoms in total. The lowest BCUT2D eigenvalue weighted by Crippen LogP contribution is -2.16. The number of rotatable bonds is 7. The molecule has 8 heteroatoms. The number of H-pyrrole nitrogens is 1. The highest BCUT2D eigenvalue weighted by Crippen LogP contribution is 2.30. The Morgan fingerprint density at radius 1 is 1.25 bits per heavy atom. The zero-order valence-corrected chi connectivity index (χ0v) is 17.3. The summed E-state index contributed by atoms with van der Waals surface area (Å²) < 4.78 is 7.20. The van der Waals surface area contributed by atoms with Crippen LogP contribution in [0.3, 0.4) is 0 Å². The van der Waals surface area contributed by atoms with Crippen molar-refractivity contribution in [3.05, 3.63) is 53.1 Å². The van der Waals surface area contributed by atoms with Crippen LogP contribution >= 0.6 is 11.8 Å². The van der Waals surface area contributed by atoms with Crippen molar-refractivity contribution in [3.63, 3.8) is 0 Å². The average Bonchev–Trinajstić information content (AvgIpc) is 3.24. The van der Waals surface area contributed by atoms with Crippen molar-refractivity contribution in [1.82, 2.24) is 19.7 Å². The van der Waals surface area contributed by atoms with Gasteiger partial charge in [0.2, 0.25) is 0 Å². The third-order valence-corrected chi connectivity index (χ3v) is 5.61. The molecule has 0 saturated carbocycles. The highest BCUT2D eigenvalue weighted by molar-refractivity contribution is 8.00. The zero-order chi connectivity index (χ0) is 20.4. The standard InChI is InChI=1S/C20H22N4O3S/c1-11-17(13(3)25)12(2)22-18(11)19(26)14(4)28-20-23-21-10-24(20)15-8-6-7-9-16(15)27-5/h6-10,14,22H,1-5H3. The van der Waals surface area contributed by atoms with Crippen LogP contribution in [0.5, 0.6) is 5.75 Å². The van der Waals surface area contributed by atoms with E-state index in [-0.39, 0.29) is 11.6 Å². The number of carbonyl (C=O) groups is 2. The first-order valence-corrected chi connectivity index (χ1v) is 9.67. The van der Waals surface area contributed by atoms with Crippen molar-refractivity contribution in [3.8, 4) is 11.4 Å². The molecule has 0 spiro atoms. The molecule has 3 aromatic rings. The Bertz CT molecular complexity index is 1040. The number of carbonyl (C=O) groups excluding carboxylic acids is 2. The predicted octanol–water partition coefficient (Wildman–Crippen LogP) is 3.79. The van der Waals surface area contributed by atoms with Gasteiger partial charge in [-0.15, -0.1) is 10.2 Å². The summed E-state index contributed by atoms with van der Waals surface area (Å²) in [7, 11) is 1.60. The van der Waals surface area contributed by atoms with Crippen molar-refractivity contribution in [2.24, 2.45) is 0 Å². The van der Waals surface area contributed by atoms with Crippen LogP contribution in [0.4, 0.5) is 0 Å². The number of thioether (sulfide) groups is 1. The fraction of sp³-hybridized carbons (Fsp3) is 0.300. The molecule has 1 unspecified atom stereocenters. The molecule has 1 atom stereocenters. The van der Waals surface area contributed by atoms with E-state index in [1.54, 1.807) is 31.9 Å². The van der Waals surface area contributed by atoms with E-state index in [0.29, 0.717) is 33.4 Å². The second-order valence-electron chi connectivity index (χ2n) is 6.46. The van der Waals surface area contributed by atoms with Gasteiger partial charge in [0.05, 0.1) is 23.7 Å². The molecule has 0 aliphatic rings. The van der Waals surface area contributed by atoms with Crippen molar-refractivity contribution >= 4 is 23.3 Å². The number of ketones is 2. The smallest absolute Gasteiger partial charge is 0.196 e. The molecule has 3 rings (SSSR count). The van der Waals surface area contributed by atoms with Gasteiger partial charge in [-0.05, 0) is 45.4 Å². The maximum absolute atomic E-state index is 13.0. The van der Waals surface area contributed by atoms with E-state index in [9.17, 15) is 9.59 Å². The molecule has 28 heavy (non-hydrogen) atoms. The third-order valence-electron chi connectivity index (χ3n) is 4.55. The molecule has 1 N–H and O–H groups in total. The molecular weight excluding hydrogens is 376 g/mol. The largest absolute Gasteiger partial charge is 0.495 e. The van der Waals surface area contributed by atoms with Gasteiger partial charge in [0, 0.05) is 11.3 Å². The van der Waals surface area contributed by atoms with Crippen LogP contribution in [0, 0.1) is 13.8 Å². The van der Waals surface area contributed by atoms with E-state index >= 15 is 0 Å². The zero-order valence-electron chi connectivity index (χ0n) is 16.4. The molecule has 0 aliphatic heterocycles. The van der Waals surface area contributed by atoms with Gasteiger partial charge in [-0.3, -0.25) is 14.2 Å². The van der Waals surface area contributed by atoms with Gasteiger partial charge in [-0.2, -0.15) is 0 Å². The van der Waals surface area contributed by atoms with Crippen LogP contribution in [-0.2, 0) is 0 Å². The van der Waals surface area contributed by atoms with E-state index in [2.05, 4.69) is 15.2 Å². The maximum Gasteiger partial charge on any atom is 0.196 e. The quantitative estimate of drug-likeness (QED) is 0.481. The van der Waals surface area contributed by atoms with Gasteiger partial charge >= 0.3 is 0 Å². The van der Waals surface area contributed by atoms with Crippen LogP contribution in [0.1, 0.15) is 46.0 Å². The topological polar surface area (TPSA) is 89.9 Å². The number of hydrogen-bond donors (Lipinski definition) is 1. The summed E-state index contributed by atoms with van der Waals surface area (Å²) in [6, 6.07) is 7.53. The van der Waals surface area contributed by atoms with Gasteiger partial charge in [-0.25, -0.2) is 0 Å². The first-order chi connectivity index (χ1) is 13.3. The normalized spacial score (nSPS) is 12.0. The van der Waals surface area contributed by atoms with Gasteiger partial charge in [0.25, 0.3) is 0 Å². The number of hydrogen-bond acceptors (Lipinski definition) is 6. The maximum atomic E-state index is 13.0. The van der Waals surface area contributed by atoms with Gasteiger partial charge in [0.1, 0.15) is 12.1 Å². The number of methoxy groups -OCH3 is 1. The third kappa shape index (κ3) is 3.60. The Morgan fingerprint density at radius 3 is 2.61 bits per heavy atom. The van der Waals surface area contributed by atoms with E-state index in [1.165, 1.54) is 18.7 Å². The van der Waals surface area contributed by atoms with Crippen molar-refractivity contribution in [1.29, 1.82) is 0 Å². The summed E-state index contributed by atoms with van der Waals surface area (Å²) in [5.74, 6) is 0.541. The van der Waals surface area contributed by atoms with E-state index < -0.39 is 5.25 Å². The van der Waals surface area contributed by atoms with Crippen LogP contribution in [0.2, 0.25) is 0 Å². The fourth-order valence-corrected chi connectivity index (χ4v) is 4.13. The van der Waals surface area contributed by atoms with E-state index in [1.807, 2.05) is 31.2 Å². The summed E-state index contributed by atoms with van der Waals surface area (Å²) in [4.78, 5) is 27.9. The monoisotopic (exact) mass is 398 g/mol. The highest BCUT2D eigenvalue weighted by atomic mass is 32.2. The molecule has 146 valence electrons. The number of aromatic nitrogens is 4. The molecular formula is C20H22N4O3S. The first-order valence-electron chi connectivity index (χ1n) is 8.79. The number of para-hydroxylation sites is 2. The SMILES string of the molecule is COc1ccccc1-n1cnnc1SC(C)C(=O)c1[nH]c(C)c(C(C)=O)c1C. The molecule has 0 bridgehead atoms. The van der Waals surface area contributed by atoms with Crippen LogP contribution < -0.4 is 4.74 Å². The van der Waals surface area contributed by atoms with Crippen molar-refractivity contribution in [2.75, 3.05) is 7.11 Å². The van der Waals surface area contributed by atoms with Crippen LogP contribution in [-0.4, -0.2) is 43.7 Å². The Hall–Kier alpha value is -2.87. The summed E-state index contributed by atoms with van der Waals surface area (Å²) in [5.41, 5.74) is 3.24. The molecule has 0 amide bonds. The van der Waals surface area contributed by atoms with Gasteiger partial charge < -0.3 is 9.72 Å². The molecule has 1 aromatic carbocycles. The lowest BCUT2D eigenvalue weighted by molar-refractivity contribution is 0.0988. The summed E-state index contributed by atoms with van der Waals surface area (Å²) >= 11 is 1.31. The van der Waals surface area contributed by atoms with Gasteiger partial charge in [0.15, 0.2) is 16.7 Å². The highest BCUT2D eigenvalue weighted by Gasteiger charge is 2.26. The molecule has 0 fully saturated rings. The number of ether oxygens (including phenoxy) is 1. The Kier molecular flexibility index (Phi) is 5.69. The minimum atomic E-state index is -0.422. The molecule has 0 saturated heterocycles. The van der Waals surface area contributed by atoms with Gasteiger partial charge in [-0.1, -0.05) is 23.9 Å². The average molecular weight is 398 g/mol. The number of nitrogens with one attached hydrogen (secondary N) is 1. The predicted molar refractivity (Wildman–Crippen MR) is 108 cm³/mol. The molecule has 0 radical (unpaired) electrons. The minimum absolute atomic E-state index is 0.0541. The van der Waals surface area contributed by atoms with Crippen LogP contribution in [0.25, 0.3) is 5.69 Å². The van der Waals surface area contributed by atoms with E-state index in [4.69, 9.17) is 4.74 Å². The molecule has 2 heterocycles. The lowest BCUT2D eigenvalue weighted by atomic mass is 10.0. The van der Waals surface area contributed by atoms with Crippen LogP contribution in [0.15, 0.2) is 35.7 Å². The Morgan fingerprint density at radius 2 is 1.96 bits per heavy atom. The Balaban J connectivity index is 1.88. The summed E-state index contributed by atoms with van der Waals surface area (Å²) in [6.07, 6.45) is 1.59. The van der Waals surface area contributed by atoms with Crippen molar-refractivity contribution < 1.29 is 14.3 Å². The summed E-state index contributed by atoms with van der Waals surface area (Å²) in [5, 5.41) is 8.31. The fourth-order valence-electron chi connectivity index (χ4n) is 3.24. The first kappa shape index (κ1) is 19.9. The Labute approximate surface area is 167 Å². The van der Waals surface area contributed by atoms with E-state index in [0.717, 1.165) is 5.69 Å². The molecule has 0 aliphatic carbocycles.